The second-order valence-electron chi connectivity index (χ2n) is 7.21. The van der Waals surface area contributed by atoms with Crippen LogP contribution in [-0.2, 0) is 19.2 Å². The van der Waals surface area contributed by atoms with Crippen LogP contribution in [0.2, 0.25) is 0 Å². The number of carboxylic acids is 1. The van der Waals surface area contributed by atoms with Gasteiger partial charge in [-0.25, -0.2) is 4.79 Å². The quantitative estimate of drug-likeness (QED) is 0.424. The average Bonchev–Trinajstić information content (AvgIpc) is 3.28. The summed E-state index contributed by atoms with van der Waals surface area (Å²) >= 11 is 0. The van der Waals surface area contributed by atoms with Crippen LogP contribution in [0.4, 0.5) is 0 Å². The van der Waals surface area contributed by atoms with Gasteiger partial charge in [-0.2, -0.15) is 0 Å². The normalized spacial score (nSPS) is 25.8. The van der Waals surface area contributed by atoms with Crippen molar-refractivity contribution in [3.05, 3.63) is 0 Å². The second kappa shape index (κ2) is 8.66. The highest BCUT2D eigenvalue weighted by atomic mass is 16.4. The van der Waals surface area contributed by atoms with Crippen molar-refractivity contribution < 1.29 is 29.4 Å². The number of aliphatic hydroxyl groups is 1. The zero-order chi connectivity index (χ0) is 20.3. The van der Waals surface area contributed by atoms with Gasteiger partial charge in [-0.05, 0) is 39.5 Å². The minimum atomic E-state index is -1.11. The van der Waals surface area contributed by atoms with Gasteiger partial charge in [0.15, 0.2) is 0 Å². The molecular weight excluding hydrogens is 356 g/mol. The molecule has 2 fully saturated rings. The lowest BCUT2D eigenvalue weighted by Crippen LogP contribution is -2.57. The second-order valence-corrected chi connectivity index (χ2v) is 7.21. The van der Waals surface area contributed by atoms with Gasteiger partial charge in [0.1, 0.15) is 24.2 Å². The molecule has 0 saturated carbocycles. The van der Waals surface area contributed by atoms with Crippen LogP contribution in [0, 0.1) is 0 Å². The highest BCUT2D eigenvalue weighted by Gasteiger charge is 2.40. The molecule has 0 aromatic rings. The first-order valence-electron chi connectivity index (χ1n) is 9.23. The number of hydrogen-bond donors (Lipinski definition) is 4. The molecule has 10 heteroatoms. The third kappa shape index (κ3) is 4.56. The summed E-state index contributed by atoms with van der Waals surface area (Å²) in [6.45, 7) is 3.60. The van der Waals surface area contributed by atoms with Gasteiger partial charge in [-0.1, -0.05) is 0 Å². The van der Waals surface area contributed by atoms with E-state index in [0.29, 0.717) is 38.8 Å². The molecule has 0 aromatic carbocycles. The molecule has 0 aromatic heterocycles. The fourth-order valence-electron chi connectivity index (χ4n) is 3.61. The van der Waals surface area contributed by atoms with Crippen LogP contribution < -0.4 is 11.1 Å². The monoisotopic (exact) mass is 384 g/mol. The first-order chi connectivity index (χ1) is 12.6. The average molecular weight is 384 g/mol. The Morgan fingerprint density at radius 1 is 1.00 bits per heavy atom. The molecule has 0 aliphatic carbocycles. The summed E-state index contributed by atoms with van der Waals surface area (Å²) < 4.78 is 0. The standard InChI is InChI=1S/C17H28N4O6/c1-9(15(24)21-8-4-6-12(21)17(26)27)19-14(23)11-5-3-7-20(11)16(25)13(18)10(2)22/h9-13,22H,3-8,18H2,1-2H3,(H,19,23)(H,26,27). The SMILES string of the molecule is CC(NC(=O)C1CCCN1C(=O)C(N)C(C)O)C(=O)N1CCCC1C(=O)O. The summed E-state index contributed by atoms with van der Waals surface area (Å²) in [5.41, 5.74) is 5.69. The third-order valence-corrected chi connectivity index (χ3v) is 5.19. The van der Waals surface area contributed by atoms with Gasteiger partial charge in [0.05, 0.1) is 6.10 Å². The highest BCUT2D eigenvalue weighted by molar-refractivity contribution is 5.94. The number of aliphatic hydroxyl groups excluding tert-OH is 1. The van der Waals surface area contributed by atoms with E-state index in [0.717, 1.165) is 0 Å². The largest absolute Gasteiger partial charge is 0.480 e. The number of carboxylic acid groups (broad SMARTS) is 1. The maximum atomic E-state index is 12.6. The van der Waals surface area contributed by atoms with E-state index in [1.54, 1.807) is 0 Å². The molecule has 3 amide bonds. The summed E-state index contributed by atoms with van der Waals surface area (Å²) in [6, 6.07) is -3.64. The van der Waals surface area contributed by atoms with Crippen LogP contribution in [0.5, 0.6) is 0 Å². The zero-order valence-corrected chi connectivity index (χ0v) is 15.6. The molecule has 2 heterocycles. The number of carbonyl (C=O) groups is 4. The Hall–Kier alpha value is -2.20. The lowest BCUT2D eigenvalue weighted by Gasteiger charge is -2.29. The maximum Gasteiger partial charge on any atom is 0.326 e. The van der Waals surface area contributed by atoms with Gasteiger partial charge in [0.25, 0.3) is 0 Å². The molecule has 10 nitrogen and oxygen atoms in total. The maximum absolute atomic E-state index is 12.6. The fraction of sp³-hybridized carbons (Fsp3) is 0.765. The summed E-state index contributed by atoms with van der Waals surface area (Å²) in [7, 11) is 0. The van der Waals surface area contributed by atoms with E-state index in [2.05, 4.69) is 5.32 Å². The molecule has 2 saturated heterocycles. The van der Waals surface area contributed by atoms with Gasteiger partial charge >= 0.3 is 5.97 Å². The summed E-state index contributed by atoms with van der Waals surface area (Å²) in [4.78, 5) is 51.4. The number of nitrogens with one attached hydrogen (secondary N) is 1. The van der Waals surface area contributed by atoms with Crippen molar-refractivity contribution in [1.82, 2.24) is 15.1 Å². The molecule has 0 spiro atoms. The van der Waals surface area contributed by atoms with Crippen molar-refractivity contribution in [3.8, 4) is 0 Å². The van der Waals surface area contributed by atoms with Crippen LogP contribution in [0.15, 0.2) is 0 Å². The Labute approximate surface area is 157 Å². The predicted molar refractivity (Wildman–Crippen MR) is 94.4 cm³/mol. The van der Waals surface area contributed by atoms with Crippen molar-refractivity contribution in [2.75, 3.05) is 13.1 Å². The molecule has 27 heavy (non-hydrogen) atoms. The molecule has 5 N–H and O–H groups in total. The van der Waals surface area contributed by atoms with Gasteiger partial charge < -0.3 is 31.1 Å². The fourth-order valence-corrected chi connectivity index (χ4v) is 3.61. The molecular formula is C17H28N4O6. The van der Waals surface area contributed by atoms with E-state index >= 15 is 0 Å². The molecule has 0 bridgehead atoms. The number of amides is 3. The van der Waals surface area contributed by atoms with Crippen molar-refractivity contribution in [3.63, 3.8) is 0 Å². The first-order valence-corrected chi connectivity index (χ1v) is 9.23. The smallest absolute Gasteiger partial charge is 0.326 e. The van der Waals surface area contributed by atoms with Crippen LogP contribution >= 0.6 is 0 Å². The minimum absolute atomic E-state index is 0.341. The Bertz CT molecular complexity index is 610. The lowest BCUT2D eigenvalue weighted by molar-refractivity contribution is -0.149. The van der Waals surface area contributed by atoms with E-state index in [9.17, 15) is 29.4 Å². The van der Waals surface area contributed by atoms with E-state index in [1.165, 1.54) is 23.6 Å². The first kappa shape index (κ1) is 21.1. The Kier molecular flexibility index (Phi) is 6.77. The minimum Gasteiger partial charge on any atom is -0.480 e. The van der Waals surface area contributed by atoms with Gasteiger partial charge in [0.2, 0.25) is 17.7 Å². The molecule has 0 radical (unpaired) electrons. The van der Waals surface area contributed by atoms with Crippen LogP contribution in [-0.4, -0.2) is 87.1 Å². The highest BCUT2D eigenvalue weighted by Crippen LogP contribution is 2.21. The Morgan fingerprint density at radius 3 is 2.04 bits per heavy atom. The van der Waals surface area contributed by atoms with Gasteiger partial charge in [-0.15, -0.1) is 0 Å². The lowest BCUT2D eigenvalue weighted by atomic mass is 10.1. The molecule has 5 atom stereocenters. The summed E-state index contributed by atoms with van der Waals surface area (Å²) in [6.07, 6.45) is 1.01. The molecule has 152 valence electrons. The van der Waals surface area contributed by atoms with Gasteiger partial charge in [0, 0.05) is 13.1 Å². The van der Waals surface area contributed by atoms with E-state index < -0.39 is 54.0 Å². The van der Waals surface area contributed by atoms with Crippen molar-refractivity contribution in [2.24, 2.45) is 5.73 Å². The Morgan fingerprint density at radius 2 is 1.52 bits per heavy atom. The van der Waals surface area contributed by atoms with E-state index in [4.69, 9.17) is 5.73 Å². The number of carbonyl (C=O) groups excluding carboxylic acids is 3. The summed E-state index contributed by atoms with van der Waals surface area (Å²) in [5.74, 6) is -2.50. The van der Waals surface area contributed by atoms with Crippen LogP contribution in [0.1, 0.15) is 39.5 Å². The Balaban J connectivity index is 1.99. The van der Waals surface area contributed by atoms with Crippen LogP contribution in [0.25, 0.3) is 0 Å². The van der Waals surface area contributed by atoms with Crippen molar-refractivity contribution in [1.29, 1.82) is 0 Å². The molecule has 2 aliphatic heterocycles. The topological polar surface area (TPSA) is 153 Å². The number of nitrogens with zero attached hydrogens (tertiary/aromatic N) is 2. The third-order valence-electron chi connectivity index (χ3n) is 5.19. The van der Waals surface area contributed by atoms with E-state index in [-0.39, 0.29) is 0 Å². The predicted octanol–water partition coefficient (Wildman–Crippen LogP) is -1.73. The number of aliphatic carboxylic acids is 1. The summed E-state index contributed by atoms with van der Waals surface area (Å²) in [5, 5.41) is 21.3. The molecule has 2 rings (SSSR count). The number of likely N-dealkylation sites (tertiary alicyclic amines) is 2. The van der Waals surface area contributed by atoms with Crippen molar-refractivity contribution >= 4 is 23.7 Å². The molecule has 5 unspecified atom stereocenters. The zero-order valence-electron chi connectivity index (χ0n) is 15.6. The van der Waals surface area contributed by atoms with Crippen LogP contribution in [0.3, 0.4) is 0 Å². The van der Waals surface area contributed by atoms with Crippen molar-refractivity contribution in [2.45, 2.75) is 69.8 Å². The molecule has 2 aliphatic rings. The number of rotatable bonds is 6. The van der Waals surface area contributed by atoms with Gasteiger partial charge in [-0.3, -0.25) is 14.4 Å². The number of hydrogen-bond acceptors (Lipinski definition) is 6. The van der Waals surface area contributed by atoms with E-state index in [1.807, 2.05) is 0 Å². The number of nitrogens with two attached hydrogens (primary N) is 1.